The van der Waals surface area contributed by atoms with Crippen LogP contribution in [0.4, 0.5) is 5.82 Å². The van der Waals surface area contributed by atoms with E-state index in [1.165, 1.54) is 32.1 Å². The van der Waals surface area contributed by atoms with E-state index >= 15 is 0 Å². The van der Waals surface area contributed by atoms with Crippen LogP contribution in [-0.4, -0.2) is 54.3 Å². The molecular weight excluding hydrogens is 338 g/mol. The second kappa shape index (κ2) is 7.72. The Hall–Kier alpha value is -1.63. The van der Waals surface area contributed by atoms with Crippen molar-refractivity contribution in [1.82, 2.24) is 9.88 Å². The van der Waals surface area contributed by atoms with E-state index in [2.05, 4.69) is 10.3 Å². The Morgan fingerprint density at radius 3 is 2.56 bits per heavy atom. The van der Waals surface area contributed by atoms with Crippen molar-refractivity contribution in [1.29, 1.82) is 0 Å². The van der Waals surface area contributed by atoms with Crippen molar-refractivity contribution in [2.75, 3.05) is 23.4 Å². The monoisotopic (exact) mass is 365 g/mol. The van der Waals surface area contributed by atoms with E-state index in [1.54, 1.807) is 17.2 Å². The van der Waals surface area contributed by atoms with Crippen molar-refractivity contribution in [3.8, 4) is 0 Å². The molecule has 3 rings (SSSR count). The summed E-state index contributed by atoms with van der Waals surface area (Å²) in [6, 6.07) is 3.88. The maximum atomic E-state index is 12.7. The maximum absolute atomic E-state index is 12.7. The molecule has 2 fully saturated rings. The van der Waals surface area contributed by atoms with Gasteiger partial charge < -0.3 is 10.2 Å². The molecule has 0 aromatic carbocycles. The largest absolute Gasteiger partial charge is 0.367 e. The summed E-state index contributed by atoms with van der Waals surface area (Å²) < 4.78 is 23.4. The highest BCUT2D eigenvalue weighted by molar-refractivity contribution is 7.91. The molecule has 1 aromatic rings. The topological polar surface area (TPSA) is 79.4 Å². The smallest absolute Gasteiger partial charge is 0.255 e. The molecule has 2 heterocycles. The highest BCUT2D eigenvalue weighted by Crippen LogP contribution is 2.22. The SMILES string of the molecule is CCN(C(=O)c1ccc(NC2CCCCC2)nc1)C1CCS(=O)(=O)C1. The van der Waals surface area contributed by atoms with Crippen molar-refractivity contribution in [2.24, 2.45) is 0 Å². The number of amides is 1. The van der Waals surface area contributed by atoms with Gasteiger partial charge in [0, 0.05) is 24.8 Å². The minimum Gasteiger partial charge on any atom is -0.367 e. The molecule has 1 saturated heterocycles. The first-order valence-electron chi connectivity index (χ1n) is 9.22. The lowest BCUT2D eigenvalue weighted by molar-refractivity contribution is 0.0708. The summed E-state index contributed by atoms with van der Waals surface area (Å²) in [6.07, 6.45) is 8.28. The minimum atomic E-state index is -3.01. The van der Waals surface area contributed by atoms with Gasteiger partial charge in [-0.15, -0.1) is 0 Å². The number of aromatic nitrogens is 1. The first kappa shape index (κ1) is 18.2. The molecule has 138 valence electrons. The Balaban J connectivity index is 1.64. The molecule has 0 spiro atoms. The van der Waals surface area contributed by atoms with Crippen LogP contribution in [-0.2, 0) is 9.84 Å². The van der Waals surface area contributed by atoms with Gasteiger partial charge in [0.15, 0.2) is 9.84 Å². The summed E-state index contributed by atoms with van der Waals surface area (Å²) in [6.45, 7) is 2.39. The summed E-state index contributed by atoms with van der Waals surface area (Å²) in [7, 11) is -3.01. The van der Waals surface area contributed by atoms with Crippen LogP contribution >= 0.6 is 0 Å². The molecule has 1 aromatic heterocycles. The third kappa shape index (κ3) is 4.51. The maximum Gasteiger partial charge on any atom is 0.255 e. The number of pyridine rings is 1. The zero-order chi connectivity index (χ0) is 17.9. The summed E-state index contributed by atoms with van der Waals surface area (Å²) >= 11 is 0. The highest BCUT2D eigenvalue weighted by Gasteiger charge is 2.34. The Morgan fingerprint density at radius 1 is 1.24 bits per heavy atom. The first-order chi connectivity index (χ1) is 12.0. The lowest BCUT2D eigenvalue weighted by Crippen LogP contribution is -2.41. The average molecular weight is 365 g/mol. The van der Waals surface area contributed by atoms with Crippen LogP contribution in [0.25, 0.3) is 0 Å². The van der Waals surface area contributed by atoms with Crippen LogP contribution in [0.5, 0.6) is 0 Å². The zero-order valence-corrected chi connectivity index (χ0v) is 15.6. The minimum absolute atomic E-state index is 0.0708. The summed E-state index contributed by atoms with van der Waals surface area (Å²) in [4.78, 5) is 18.8. The van der Waals surface area contributed by atoms with Gasteiger partial charge >= 0.3 is 0 Å². The molecule has 1 unspecified atom stereocenters. The molecule has 6 nitrogen and oxygen atoms in total. The average Bonchev–Trinajstić information content (AvgIpc) is 2.97. The van der Waals surface area contributed by atoms with E-state index < -0.39 is 9.84 Å². The van der Waals surface area contributed by atoms with Gasteiger partial charge in [-0.05, 0) is 38.3 Å². The van der Waals surface area contributed by atoms with Gasteiger partial charge in [-0.25, -0.2) is 13.4 Å². The fourth-order valence-corrected chi connectivity index (χ4v) is 5.55. The van der Waals surface area contributed by atoms with Crippen molar-refractivity contribution >= 4 is 21.6 Å². The summed E-state index contributed by atoms with van der Waals surface area (Å²) in [5.74, 6) is 0.905. The molecule has 1 N–H and O–H groups in total. The number of anilines is 1. The zero-order valence-electron chi connectivity index (χ0n) is 14.8. The molecule has 0 radical (unpaired) electrons. The van der Waals surface area contributed by atoms with Crippen LogP contribution in [0, 0.1) is 0 Å². The van der Waals surface area contributed by atoms with E-state index in [1.807, 2.05) is 13.0 Å². The van der Waals surface area contributed by atoms with Crippen molar-refractivity contribution in [2.45, 2.75) is 57.5 Å². The molecule has 1 aliphatic heterocycles. The van der Waals surface area contributed by atoms with E-state index in [0.717, 1.165) is 5.82 Å². The normalized spacial score (nSPS) is 23.3. The number of hydrogen-bond acceptors (Lipinski definition) is 5. The van der Waals surface area contributed by atoms with Crippen molar-refractivity contribution in [3.05, 3.63) is 23.9 Å². The van der Waals surface area contributed by atoms with Crippen molar-refractivity contribution < 1.29 is 13.2 Å². The van der Waals surface area contributed by atoms with Crippen molar-refractivity contribution in [3.63, 3.8) is 0 Å². The van der Waals surface area contributed by atoms with Crippen LogP contribution in [0.2, 0.25) is 0 Å². The third-order valence-electron chi connectivity index (χ3n) is 5.22. The van der Waals surface area contributed by atoms with Gasteiger partial charge in [0.2, 0.25) is 0 Å². The number of carbonyl (C=O) groups excluding carboxylic acids is 1. The number of hydrogen-bond donors (Lipinski definition) is 1. The fraction of sp³-hybridized carbons (Fsp3) is 0.667. The van der Waals surface area contributed by atoms with Gasteiger partial charge in [-0.1, -0.05) is 19.3 Å². The van der Waals surface area contributed by atoms with Crippen LogP contribution < -0.4 is 5.32 Å². The Labute approximate surface area is 149 Å². The fourth-order valence-electron chi connectivity index (χ4n) is 3.82. The van der Waals surface area contributed by atoms with E-state index in [-0.39, 0.29) is 23.5 Å². The van der Waals surface area contributed by atoms with E-state index in [9.17, 15) is 13.2 Å². The van der Waals surface area contributed by atoms with Crippen LogP contribution in [0.3, 0.4) is 0 Å². The van der Waals surface area contributed by atoms with Gasteiger partial charge in [0.25, 0.3) is 5.91 Å². The molecule has 1 amide bonds. The molecule has 0 bridgehead atoms. The first-order valence-corrected chi connectivity index (χ1v) is 11.0. The van der Waals surface area contributed by atoms with Crippen LogP contribution in [0.15, 0.2) is 18.3 Å². The predicted molar refractivity (Wildman–Crippen MR) is 98.5 cm³/mol. The lowest BCUT2D eigenvalue weighted by Gasteiger charge is -2.27. The number of sulfone groups is 1. The number of rotatable bonds is 5. The molecule has 1 atom stereocenters. The standard InChI is InChI=1S/C18H27N3O3S/c1-2-21(16-10-11-25(23,24)13-16)18(22)14-8-9-17(19-12-14)20-15-6-4-3-5-7-15/h8-9,12,15-16H,2-7,10-11,13H2,1H3,(H,19,20). The predicted octanol–water partition coefficient (Wildman–Crippen LogP) is 2.48. The molecule has 2 aliphatic rings. The third-order valence-corrected chi connectivity index (χ3v) is 6.97. The lowest BCUT2D eigenvalue weighted by atomic mass is 9.95. The second-order valence-corrected chi connectivity index (χ2v) is 9.29. The molecule has 1 aliphatic carbocycles. The molecular formula is C18H27N3O3S. The highest BCUT2D eigenvalue weighted by atomic mass is 32.2. The quantitative estimate of drug-likeness (QED) is 0.867. The molecule has 25 heavy (non-hydrogen) atoms. The van der Waals surface area contributed by atoms with Gasteiger partial charge in [0.05, 0.1) is 17.1 Å². The molecule has 7 heteroatoms. The Morgan fingerprint density at radius 2 is 2.00 bits per heavy atom. The van der Waals surface area contributed by atoms with E-state index in [0.29, 0.717) is 24.6 Å². The summed E-state index contributed by atoms with van der Waals surface area (Å²) in [5, 5.41) is 3.44. The Bertz CT molecular complexity index is 697. The van der Waals surface area contributed by atoms with Gasteiger partial charge in [-0.2, -0.15) is 0 Å². The van der Waals surface area contributed by atoms with Gasteiger partial charge in [-0.3, -0.25) is 4.79 Å². The number of nitrogens with zero attached hydrogens (tertiary/aromatic N) is 2. The van der Waals surface area contributed by atoms with Crippen LogP contribution in [0.1, 0.15) is 55.8 Å². The van der Waals surface area contributed by atoms with Gasteiger partial charge in [0.1, 0.15) is 5.82 Å². The van der Waals surface area contributed by atoms with E-state index in [4.69, 9.17) is 0 Å². The number of carbonyl (C=O) groups is 1. The second-order valence-electron chi connectivity index (χ2n) is 7.06. The summed E-state index contributed by atoms with van der Waals surface area (Å²) in [5.41, 5.74) is 0.514. The number of nitrogens with one attached hydrogen (secondary N) is 1. The molecule has 1 saturated carbocycles. The Kier molecular flexibility index (Phi) is 5.61.